The molecule has 2 aliphatic heterocycles. The minimum atomic E-state index is -0.921. The summed E-state index contributed by atoms with van der Waals surface area (Å²) in [6.45, 7) is 0.398. The van der Waals surface area contributed by atoms with E-state index in [0.717, 1.165) is 16.8 Å². The number of anilines is 1. The predicted molar refractivity (Wildman–Crippen MR) is 105 cm³/mol. The molecule has 0 saturated carbocycles. The van der Waals surface area contributed by atoms with Gasteiger partial charge in [-0.2, -0.15) is 0 Å². The van der Waals surface area contributed by atoms with Gasteiger partial charge < -0.3 is 14.8 Å². The van der Waals surface area contributed by atoms with Crippen LogP contribution in [-0.2, 0) is 17.3 Å². The highest BCUT2D eigenvalue weighted by molar-refractivity contribution is 6.08. The van der Waals surface area contributed by atoms with Crippen molar-refractivity contribution in [2.75, 3.05) is 11.9 Å². The largest absolute Gasteiger partial charge is 0.330 e. The zero-order chi connectivity index (χ0) is 20.2. The first-order valence-electron chi connectivity index (χ1n) is 9.47. The number of nitrogens with zero attached hydrogens (tertiary/aromatic N) is 3. The molecule has 3 heterocycles. The number of likely N-dealkylation sites (tertiary alicyclic amines) is 1. The number of hydrogen-bond donors (Lipinski definition) is 1. The van der Waals surface area contributed by atoms with Crippen LogP contribution < -0.4 is 5.32 Å². The quantitative estimate of drug-likeness (QED) is 0.731. The Hall–Kier alpha value is -3.48. The van der Waals surface area contributed by atoms with Crippen LogP contribution in [0, 0.1) is 5.82 Å². The lowest BCUT2D eigenvalue weighted by Gasteiger charge is -2.34. The van der Waals surface area contributed by atoms with Gasteiger partial charge in [0.25, 0.3) is 5.91 Å². The van der Waals surface area contributed by atoms with Crippen molar-refractivity contribution in [2.24, 2.45) is 7.05 Å². The number of aryl methyl sites for hydroxylation is 1. The number of hydrogen-bond acceptors (Lipinski definition) is 3. The minimum Gasteiger partial charge on any atom is -0.330 e. The molecule has 2 amide bonds. The zero-order valence-corrected chi connectivity index (χ0v) is 15.8. The molecule has 0 radical (unpaired) electrons. The van der Waals surface area contributed by atoms with E-state index in [9.17, 15) is 14.0 Å². The molecule has 1 fully saturated rings. The van der Waals surface area contributed by atoms with Crippen LogP contribution in [0.4, 0.5) is 10.1 Å². The summed E-state index contributed by atoms with van der Waals surface area (Å²) in [7, 11) is 1.76. The molecule has 2 aliphatic rings. The number of aromatic nitrogens is 2. The first kappa shape index (κ1) is 17.6. The predicted octanol–water partition coefficient (Wildman–Crippen LogP) is 3.04. The van der Waals surface area contributed by atoms with E-state index in [2.05, 4.69) is 10.3 Å². The second-order valence-electron chi connectivity index (χ2n) is 7.54. The summed E-state index contributed by atoms with van der Waals surface area (Å²) in [6.07, 6.45) is 3.77. The van der Waals surface area contributed by atoms with Crippen LogP contribution >= 0.6 is 0 Å². The molecule has 5 rings (SSSR count). The lowest BCUT2D eigenvalue weighted by molar-refractivity contribution is -0.121. The smallest absolute Gasteiger partial charge is 0.290 e. The van der Waals surface area contributed by atoms with E-state index >= 15 is 0 Å². The standard InChI is InChI=1S/C22H19FN4O2/c1-26-13-11-24-19(26)20(28)27-12-10-22(18(27)14-6-8-15(23)9-7-14)16-4-2-3-5-17(16)25-21(22)29/h2-9,11,13,18H,10,12H2,1H3,(H,25,29)/t18-,22+/m0/s1. The maximum Gasteiger partial charge on any atom is 0.290 e. The summed E-state index contributed by atoms with van der Waals surface area (Å²) in [4.78, 5) is 32.5. The Morgan fingerprint density at radius 3 is 2.69 bits per heavy atom. The second-order valence-corrected chi connectivity index (χ2v) is 7.54. The fraction of sp³-hybridized carbons (Fsp3) is 0.227. The summed E-state index contributed by atoms with van der Waals surface area (Å²) in [5.41, 5.74) is 1.43. The molecule has 7 heteroatoms. The maximum atomic E-state index is 13.6. The molecule has 2 atom stereocenters. The van der Waals surface area contributed by atoms with Crippen LogP contribution in [0.25, 0.3) is 0 Å². The Labute approximate surface area is 167 Å². The van der Waals surface area contributed by atoms with Gasteiger partial charge in [-0.25, -0.2) is 9.37 Å². The number of carbonyl (C=O) groups excluding carboxylic acids is 2. The molecular weight excluding hydrogens is 371 g/mol. The fourth-order valence-electron chi connectivity index (χ4n) is 4.71. The summed E-state index contributed by atoms with van der Waals surface area (Å²) >= 11 is 0. The summed E-state index contributed by atoms with van der Waals surface area (Å²) in [6, 6.07) is 13.0. The van der Waals surface area contributed by atoms with Gasteiger partial charge in [0.1, 0.15) is 11.2 Å². The highest BCUT2D eigenvalue weighted by Crippen LogP contribution is 2.54. The molecule has 146 valence electrons. The first-order valence-corrected chi connectivity index (χ1v) is 9.47. The molecule has 6 nitrogen and oxygen atoms in total. The molecule has 29 heavy (non-hydrogen) atoms. The van der Waals surface area contributed by atoms with Crippen LogP contribution in [0.2, 0.25) is 0 Å². The maximum absolute atomic E-state index is 13.6. The number of para-hydroxylation sites is 1. The van der Waals surface area contributed by atoms with Crippen molar-refractivity contribution in [1.29, 1.82) is 0 Å². The van der Waals surface area contributed by atoms with Crippen LogP contribution in [0.15, 0.2) is 60.9 Å². The molecule has 1 saturated heterocycles. The Morgan fingerprint density at radius 1 is 1.21 bits per heavy atom. The highest BCUT2D eigenvalue weighted by atomic mass is 19.1. The monoisotopic (exact) mass is 390 g/mol. The van der Waals surface area contributed by atoms with E-state index < -0.39 is 11.5 Å². The van der Waals surface area contributed by atoms with Crippen molar-refractivity contribution >= 4 is 17.5 Å². The Kier molecular flexibility index (Phi) is 3.81. The number of amides is 2. The molecule has 3 aromatic rings. The van der Waals surface area contributed by atoms with Crippen LogP contribution in [0.5, 0.6) is 0 Å². The second kappa shape index (κ2) is 6.27. The van der Waals surface area contributed by atoms with Crippen molar-refractivity contribution in [2.45, 2.75) is 17.9 Å². The molecule has 2 aromatic carbocycles. The molecule has 1 aromatic heterocycles. The van der Waals surface area contributed by atoms with Crippen LogP contribution in [-0.4, -0.2) is 32.8 Å². The third-order valence-electron chi connectivity index (χ3n) is 6.05. The number of carbonyl (C=O) groups is 2. The van der Waals surface area contributed by atoms with Crippen molar-refractivity contribution in [1.82, 2.24) is 14.5 Å². The molecular formula is C22H19FN4O2. The van der Waals surface area contributed by atoms with Gasteiger partial charge in [0.2, 0.25) is 5.91 Å². The van der Waals surface area contributed by atoms with E-state index in [0.29, 0.717) is 18.8 Å². The SMILES string of the molecule is Cn1ccnc1C(=O)N1CC[C@]2(C(=O)Nc3ccccc32)[C@@H]1c1ccc(F)cc1. The van der Waals surface area contributed by atoms with E-state index in [4.69, 9.17) is 0 Å². The van der Waals surface area contributed by atoms with Crippen LogP contribution in [0.1, 0.15) is 34.2 Å². The Bertz CT molecular complexity index is 1120. The summed E-state index contributed by atoms with van der Waals surface area (Å²) in [5, 5.41) is 2.98. The zero-order valence-electron chi connectivity index (χ0n) is 15.8. The van der Waals surface area contributed by atoms with Gasteiger partial charge in [-0.05, 0) is 35.7 Å². The van der Waals surface area contributed by atoms with E-state index in [1.807, 2.05) is 24.3 Å². The van der Waals surface area contributed by atoms with Gasteiger partial charge in [-0.3, -0.25) is 9.59 Å². The summed E-state index contributed by atoms with van der Waals surface area (Å²) in [5.74, 6) is -0.441. The van der Waals surface area contributed by atoms with Gasteiger partial charge >= 0.3 is 0 Å². The molecule has 0 aliphatic carbocycles. The van der Waals surface area contributed by atoms with Gasteiger partial charge in [0, 0.05) is 31.7 Å². The average molecular weight is 390 g/mol. The fourth-order valence-corrected chi connectivity index (χ4v) is 4.71. The number of halogens is 1. The molecule has 1 spiro atoms. The van der Waals surface area contributed by atoms with E-state index in [1.54, 1.807) is 41.0 Å². The molecule has 1 N–H and O–H groups in total. The number of imidazole rings is 1. The topological polar surface area (TPSA) is 67.2 Å². The van der Waals surface area contributed by atoms with E-state index in [1.165, 1.54) is 12.1 Å². The first-order chi connectivity index (χ1) is 14.0. The van der Waals surface area contributed by atoms with Crippen molar-refractivity contribution < 1.29 is 14.0 Å². The average Bonchev–Trinajstić information content (AvgIpc) is 3.40. The van der Waals surface area contributed by atoms with Gasteiger partial charge in [0.05, 0.1) is 6.04 Å². The van der Waals surface area contributed by atoms with Crippen molar-refractivity contribution in [3.8, 4) is 0 Å². The summed E-state index contributed by atoms with van der Waals surface area (Å²) < 4.78 is 15.3. The van der Waals surface area contributed by atoms with Crippen molar-refractivity contribution in [3.05, 3.63) is 83.7 Å². The van der Waals surface area contributed by atoms with Crippen molar-refractivity contribution in [3.63, 3.8) is 0 Å². The Balaban J connectivity index is 1.69. The highest BCUT2D eigenvalue weighted by Gasteiger charge is 2.59. The lowest BCUT2D eigenvalue weighted by atomic mass is 9.72. The number of benzene rings is 2. The third-order valence-corrected chi connectivity index (χ3v) is 6.05. The number of nitrogens with one attached hydrogen (secondary N) is 1. The Morgan fingerprint density at radius 2 is 1.97 bits per heavy atom. The van der Waals surface area contributed by atoms with E-state index in [-0.39, 0.29) is 17.6 Å². The minimum absolute atomic E-state index is 0.136. The molecule has 0 bridgehead atoms. The van der Waals surface area contributed by atoms with Crippen LogP contribution in [0.3, 0.4) is 0 Å². The number of rotatable bonds is 2. The van der Waals surface area contributed by atoms with Gasteiger partial charge in [-0.15, -0.1) is 0 Å². The van der Waals surface area contributed by atoms with Gasteiger partial charge in [0.15, 0.2) is 5.82 Å². The lowest BCUT2D eigenvalue weighted by Crippen LogP contribution is -2.43. The normalized spacial score (nSPS) is 22.8. The third kappa shape index (κ3) is 2.43. The molecule has 0 unspecified atom stereocenters. The number of fused-ring (bicyclic) bond motifs is 2. The van der Waals surface area contributed by atoms with Gasteiger partial charge in [-0.1, -0.05) is 30.3 Å².